The Balaban J connectivity index is 2.77. The van der Waals surface area contributed by atoms with Gasteiger partial charge < -0.3 is 5.32 Å². The lowest BCUT2D eigenvalue weighted by molar-refractivity contribution is 0.425. The third kappa shape index (κ3) is 4.35. The molecule has 1 rings (SSSR count). The van der Waals surface area contributed by atoms with Crippen LogP contribution in [-0.4, -0.2) is 12.6 Å². The first-order valence-corrected chi connectivity index (χ1v) is 6.72. The molecular formula is C16H25N. The maximum Gasteiger partial charge on any atom is 0.0170 e. The Labute approximate surface area is 106 Å². The van der Waals surface area contributed by atoms with Crippen molar-refractivity contribution >= 4 is 0 Å². The molecule has 0 bridgehead atoms. The summed E-state index contributed by atoms with van der Waals surface area (Å²) in [5.41, 5.74) is 1.44. The van der Waals surface area contributed by atoms with Crippen LogP contribution in [0.1, 0.15) is 44.6 Å². The van der Waals surface area contributed by atoms with E-state index in [1.54, 1.807) is 0 Å². The van der Waals surface area contributed by atoms with Crippen molar-refractivity contribution in [3.63, 3.8) is 0 Å². The highest BCUT2D eigenvalue weighted by molar-refractivity contribution is 5.21. The van der Waals surface area contributed by atoms with Gasteiger partial charge in [-0.05, 0) is 37.3 Å². The maximum absolute atomic E-state index is 3.88. The van der Waals surface area contributed by atoms with E-state index in [0.717, 1.165) is 13.0 Å². The van der Waals surface area contributed by atoms with Crippen molar-refractivity contribution in [3.8, 4) is 0 Å². The quantitative estimate of drug-likeness (QED) is 0.663. The summed E-state index contributed by atoms with van der Waals surface area (Å²) < 4.78 is 0. The molecule has 0 aliphatic heterocycles. The van der Waals surface area contributed by atoms with Gasteiger partial charge in [-0.25, -0.2) is 0 Å². The van der Waals surface area contributed by atoms with Gasteiger partial charge in [-0.1, -0.05) is 50.3 Å². The van der Waals surface area contributed by atoms with Gasteiger partial charge in [-0.2, -0.15) is 0 Å². The number of benzene rings is 1. The zero-order valence-corrected chi connectivity index (χ0v) is 11.2. The fourth-order valence-corrected chi connectivity index (χ4v) is 2.35. The molecular weight excluding hydrogens is 206 g/mol. The van der Waals surface area contributed by atoms with E-state index < -0.39 is 0 Å². The fourth-order valence-electron chi connectivity index (χ4n) is 2.35. The zero-order valence-electron chi connectivity index (χ0n) is 11.2. The van der Waals surface area contributed by atoms with Crippen LogP contribution >= 0.6 is 0 Å². The van der Waals surface area contributed by atoms with Crippen LogP contribution in [0.3, 0.4) is 0 Å². The first-order valence-electron chi connectivity index (χ1n) is 6.72. The van der Waals surface area contributed by atoms with Gasteiger partial charge in [0.05, 0.1) is 0 Å². The molecule has 17 heavy (non-hydrogen) atoms. The Bertz CT molecular complexity index is 305. The Hall–Kier alpha value is -1.08. The average molecular weight is 231 g/mol. The standard InChI is InChI=1S/C16H25N/c1-4-10-16(17-13-5-2)15(6-3)14-11-8-7-9-12-14/h4,7-9,11-12,15-17H,1,5-6,10,13H2,2-3H3. The van der Waals surface area contributed by atoms with Gasteiger partial charge in [0.15, 0.2) is 0 Å². The molecule has 1 aromatic carbocycles. The zero-order chi connectivity index (χ0) is 12.5. The van der Waals surface area contributed by atoms with Gasteiger partial charge >= 0.3 is 0 Å². The van der Waals surface area contributed by atoms with Crippen LogP contribution in [0.15, 0.2) is 43.0 Å². The summed E-state index contributed by atoms with van der Waals surface area (Å²) in [6, 6.07) is 11.3. The molecule has 1 N–H and O–H groups in total. The highest BCUT2D eigenvalue weighted by Crippen LogP contribution is 2.25. The van der Waals surface area contributed by atoms with Gasteiger partial charge in [0.2, 0.25) is 0 Å². The molecule has 0 spiro atoms. The number of rotatable bonds is 8. The molecule has 0 saturated carbocycles. The maximum atomic E-state index is 3.88. The minimum absolute atomic E-state index is 0.514. The summed E-state index contributed by atoms with van der Waals surface area (Å²) in [4.78, 5) is 0. The van der Waals surface area contributed by atoms with Gasteiger partial charge in [-0.15, -0.1) is 6.58 Å². The van der Waals surface area contributed by atoms with E-state index in [1.165, 1.54) is 18.4 Å². The summed E-state index contributed by atoms with van der Waals surface area (Å²) in [5.74, 6) is 0.584. The van der Waals surface area contributed by atoms with Crippen molar-refractivity contribution in [1.82, 2.24) is 5.32 Å². The molecule has 0 radical (unpaired) electrons. The summed E-state index contributed by atoms with van der Waals surface area (Å²) in [6.45, 7) is 9.44. The highest BCUT2D eigenvalue weighted by atomic mass is 14.9. The molecule has 0 fully saturated rings. The smallest absolute Gasteiger partial charge is 0.0170 e. The Kier molecular flexibility index (Phi) is 6.64. The lowest BCUT2D eigenvalue weighted by atomic mass is 9.87. The van der Waals surface area contributed by atoms with Crippen LogP contribution in [0, 0.1) is 0 Å². The van der Waals surface area contributed by atoms with Gasteiger partial charge in [0.25, 0.3) is 0 Å². The largest absolute Gasteiger partial charge is 0.313 e. The van der Waals surface area contributed by atoms with E-state index in [4.69, 9.17) is 0 Å². The second-order valence-corrected chi connectivity index (χ2v) is 4.51. The summed E-state index contributed by atoms with van der Waals surface area (Å²) >= 11 is 0. The molecule has 0 aliphatic carbocycles. The van der Waals surface area contributed by atoms with Gasteiger partial charge in [0.1, 0.15) is 0 Å². The summed E-state index contributed by atoms with van der Waals surface area (Å²) in [7, 11) is 0. The number of hydrogen-bond acceptors (Lipinski definition) is 1. The minimum Gasteiger partial charge on any atom is -0.313 e. The third-order valence-electron chi connectivity index (χ3n) is 3.23. The third-order valence-corrected chi connectivity index (χ3v) is 3.23. The second-order valence-electron chi connectivity index (χ2n) is 4.51. The molecule has 1 nitrogen and oxygen atoms in total. The average Bonchev–Trinajstić information content (AvgIpc) is 2.38. The van der Waals surface area contributed by atoms with Crippen molar-refractivity contribution in [2.24, 2.45) is 0 Å². The number of nitrogens with one attached hydrogen (secondary N) is 1. The molecule has 0 aliphatic rings. The van der Waals surface area contributed by atoms with E-state index >= 15 is 0 Å². The lowest BCUT2D eigenvalue weighted by Crippen LogP contribution is -2.35. The van der Waals surface area contributed by atoms with E-state index in [9.17, 15) is 0 Å². The lowest BCUT2D eigenvalue weighted by Gasteiger charge is -2.27. The summed E-state index contributed by atoms with van der Waals surface area (Å²) in [5, 5.41) is 3.65. The van der Waals surface area contributed by atoms with Crippen LogP contribution in [0.4, 0.5) is 0 Å². The van der Waals surface area contributed by atoms with Crippen LogP contribution in [0.2, 0.25) is 0 Å². The molecule has 1 aromatic rings. The van der Waals surface area contributed by atoms with Crippen LogP contribution in [0.5, 0.6) is 0 Å². The molecule has 0 amide bonds. The molecule has 2 unspecified atom stereocenters. The SMILES string of the molecule is C=CCC(NCCC)C(CC)c1ccccc1. The molecule has 0 heterocycles. The van der Waals surface area contributed by atoms with Crippen molar-refractivity contribution in [2.75, 3.05) is 6.54 Å². The van der Waals surface area contributed by atoms with Gasteiger partial charge in [-0.3, -0.25) is 0 Å². The van der Waals surface area contributed by atoms with Crippen LogP contribution < -0.4 is 5.32 Å². The Morgan fingerprint density at radius 1 is 1.24 bits per heavy atom. The van der Waals surface area contributed by atoms with Gasteiger partial charge in [0, 0.05) is 6.04 Å². The Morgan fingerprint density at radius 2 is 1.94 bits per heavy atom. The number of hydrogen-bond donors (Lipinski definition) is 1. The van der Waals surface area contributed by atoms with Crippen molar-refractivity contribution in [1.29, 1.82) is 0 Å². The molecule has 94 valence electrons. The predicted octanol–water partition coefficient (Wildman–Crippen LogP) is 4.12. The molecule has 0 aromatic heterocycles. The topological polar surface area (TPSA) is 12.0 Å². The van der Waals surface area contributed by atoms with Crippen molar-refractivity contribution < 1.29 is 0 Å². The normalized spacial score (nSPS) is 14.2. The van der Waals surface area contributed by atoms with E-state index in [0.29, 0.717) is 12.0 Å². The molecule has 0 saturated heterocycles. The first kappa shape index (κ1) is 14.0. The van der Waals surface area contributed by atoms with E-state index in [2.05, 4.69) is 56.1 Å². The van der Waals surface area contributed by atoms with E-state index in [-0.39, 0.29) is 0 Å². The predicted molar refractivity (Wildman–Crippen MR) is 76.4 cm³/mol. The molecule has 1 heteroatoms. The van der Waals surface area contributed by atoms with Crippen LogP contribution in [-0.2, 0) is 0 Å². The van der Waals surface area contributed by atoms with E-state index in [1.807, 2.05) is 6.08 Å². The highest BCUT2D eigenvalue weighted by Gasteiger charge is 2.19. The van der Waals surface area contributed by atoms with Crippen LogP contribution in [0.25, 0.3) is 0 Å². The Morgan fingerprint density at radius 3 is 2.47 bits per heavy atom. The molecule has 2 atom stereocenters. The fraction of sp³-hybridized carbons (Fsp3) is 0.500. The minimum atomic E-state index is 0.514. The van der Waals surface area contributed by atoms with Crippen molar-refractivity contribution in [2.45, 2.75) is 45.1 Å². The summed E-state index contributed by atoms with van der Waals surface area (Å²) in [6.07, 6.45) is 5.41. The van der Waals surface area contributed by atoms with Crippen molar-refractivity contribution in [3.05, 3.63) is 48.6 Å². The first-order chi connectivity index (χ1) is 8.33. The second kappa shape index (κ2) is 8.08. The monoisotopic (exact) mass is 231 g/mol.